The summed E-state index contributed by atoms with van der Waals surface area (Å²) in [4.78, 5) is 16.0. The maximum atomic E-state index is 11.9. The molecule has 0 atom stereocenters. The lowest BCUT2D eigenvalue weighted by molar-refractivity contribution is 0.0978. The van der Waals surface area contributed by atoms with Crippen molar-refractivity contribution < 1.29 is 4.79 Å². The van der Waals surface area contributed by atoms with Gasteiger partial charge in [0.15, 0.2) is 5.78 Å². The summed E-state index contributed by atoms with van der Waals surface area (Å²) in [5.74, 6) is 0.232. The molecule has 0 radical (unpaired) electrons. The number of Topliss-reactive ketones (excluding diaryl/α,β-unsaturated/α-hetero) is 1. The van der Waals surface area contributed by atoms with Crippen molar-refractivity contribution in [3.05, 3.63) is 29.6 Å². The van der Waals surface area contributed by atoms with Gasteiger partial charge in [-0.3, -0.25) is 9.78 Å². The number of rotatable bonds is 9. The maximum Gasteiger partial charge on any atom is 0.164 e. The number of nitrogens with zero attached hydrogens (tertiary/aromatic N) is 1. The SMILES string of the molecule is CCCCCCCCCC(=O)c1ccc(C)nc1. The third-order valence-electron chi connectivity index (χ3n) is 3.24. The molecule has 0 saturated carbocycles. The molecule has 0 bridgehead atoms. The Morgan fingerprint density at radius 1 is 1.06 bits per heavy atom. The number of hydrogen-bond donors (Lipinski definition) is 0. The van der Waals surface area contributed by atoms with Gasteiger partial charge in [0.05, 0.1) is 0 Å². The monoisotopic (exact) mass is 247 g/mol. The lowest BCUT2D eigenvalue weighted by Gasteiger charge is -2.02. The van der Waals surface area contributed by atoms with E-state index in [0.717, 1.165) is 17.7 Å². The van der Waals surface area contributed by atoms with Crippen LogP contribution in [0, 0.1) is 6.92 Å². The van der Waals surface area contributed by atoms with E-state index in [1.165, 1.54) is 38.5 Å². The fraction of sp³-hybridized carbons (Fsp3) is 0.625. The van der Waals surface area contributed by atoms with Gasteiger partial charge in [0, 0.05) is 23.9 Å². The first-order chi connectivity index (χ1) is 8.74. The highest BCUT2D eigenvalue weighted by molar-refractivity contribution is 5.95. The third-order valence-corrected chi connectivity index (χ3v) is 3.24. The molecule has 2 nitrogen and oxygen atoms in total. The fourth-order valence-corrected chi connectivity index (χ4v) is 2.02. The van der Waals surface area contributed by atoms with Crippen LogP contribution in [0.4, 0.5) is 0 Å². The topological polar surface area (TPSA) is 30.0 Å². The molecule has 0 aliphatic rings. The van der Waals surface area contributed by atoms with Crippen LogP contribution in [0.1, 0.15) is 74.3 Å². The number of aromatic nitrogens is 1. The summed E-state index contributed by atoms with van der Waals surface area (Å²) < 4.78 is 0. The van der Waals surface area contributed by atoms with Crippen molar-refractivity contribution in [3.8, 4) is 0 Å². The summed E-state index contributed by atoms with van der Waals surface area (Å²) >= 11 is 0. The zero-order chi connectivity index (χ0) is 13.2. The van der Waals surface area contributed by atoms with E-state index in [9.17, 15) is 4.79 Å². The molecule has 100 valence electrons. The van der Waals surface area contributed by atoms with Gasteiger partial charge < -0.3 is 0 Å². The number of aryl methyl sites for hydroxylation is 1. The molecular formula is C16H25NO. The number of carbonyl (C=O) groups excluding carboxylic acids is 1. The van der Waals surface area contributed by atoms with Crippen LogP contribution in [-0.4, -0.2) is 10.8 Å². The molecule has 18 heavy (non-hydrogen) atoms. The Labute approximate surface area is 111 Å². The predicted octanol–water partition coefficient (Wildman–Crippen LogP) is 4.71. The fourth-order valence-electron chi connectivity index (χ4n) is 2.02. The molecule has 2 heteroatoms. The van der Waals surface area contributed by atoms with E-state index in [1.54, 1.807) is 6.20 Å². The Morgan fingerprint density at radius 3 is 2.33 bits per heavy atom. The van der Waals surface area contributed by atoms with Gasteiger partial charge in [0.1, 0.15) is 0 Å². The Morgan fingerprint density at radius 2 is 1.72 bits per heavy atom. The van der Waals surface area contributed by atoms with Crippen LogP contribution in [0.2, 0.25) is 0 Å². The van der Waals surface area contributed by atoms with Crippen molar-refractivity contribution in [2.45, 2.75) is 65.2 Å². The Kier molecular flexibility index (Phi) is 7.31. The molecule has 1 heterocycles. The normalized spacial score (nSPS) is 10.6. The highest BCUT2D eigenvalue weighted by atomic mass is 16.1. The van der Waals surface area contributed by atoms with E-state index < -0.39 is 0 Å². The summed E-state index contributed by atoms with van der Waals surface area (Å²) in [6.07, 6.45) is 11.1. The van der Waals surface area contributed by atoms with Crippen LogP contribution in [0.3, 0.4) is 0 Å². The first-order valence-electron chi connectivity index (χ1n) is 7.20. The summed E-state index contributed by atoms with van der Waals surface area (Å²) in [7, 11) is 0. The number of hydrogen-bond acceptors (Lipinski definition) is 2. The number of unbranched alkanes of at least 4 members (excludes halogenated alkanes) is 6. The van der Waals surface area contributed by atoms with Crippen molar-refractivity contribution in [2.75, 3.05) is 0 Å². The average Bonchev–Trinajstić information content (AvgIpc) is 2.38. The van der Waals surface area contributed by atoms with Crippen molar-refractivity contribution in [2.24, 2.45) is 0 Å². The van der Waals surface area contributed by atoms with E-state index in [-0.39, 0.29) is 5.78 Å². The Hall–Kier alpha value is -1.18. The van der Waals surface area contributed by atoms with E-state index >= 15 is 0 Å². The number of ketones is 1. The zero-order valence-electron chi connectivity index (χ0n) is 11.7. The average molecular weight is 247 g/mol. The van der Waals surface area contributed by atoms with Gasteiger partial charge in [-0.2, -0.15) is 0 Å². The second kappa shape index (κ2) is 8.84. The van der Waals surface area contributed by atoms with Crippen LogP contribution in [0.5, 0.6) is 0 Å². The molecule has 1 aromatic rings. The van der Waals surface area contributed by atoms with Crippen molar-refractivity contribution in [1.29, 1.82) is 0 Å². The van der Waals surface area contributed by atoms with Crippen LogP contribution in [0.25, 0.3) is 0 Å². The molecule has 1 rings (SSSR count). The summed E-state index contributed by atoms with van der Waals surface area (Å²) in [5.41, 5.74) is 1.72. The molecular weight excluding hydrogens is 222 g/mol. The highest BCUT2D eigenvalue weighted by Gasteiger charge is 2.05. The second-order valence-electron chi connectivity index (χ2n) is 4.98. The van der Waals surface area contributed by atoms with Gasteiger partial charge >= 0.3 is 0 Å². The molecule has 0 amide bonds. The minimum atomic E-state index is 0.232. The lowest BCUT2D eigenvalue weighted by Crippen LogP contribution is -2.00. The molecule has 0 N–H and O–H groups in total. The molecule has 0 fully saturated rings. The van der Waals surface area contributed by atoms with E-state index in [0.29, 0.717) is 6.42 Å². The summed E-state index contributed by atoms with van der Waals surface area (Å²) in [5, 5.41) is 0. The third kappa shape index (κ3) is 5.95. The van der Waals surface area contributed by atoms with E-state index in [1.807, 2.05) is 19.1 Å². The quantitative estimate of drug-likeness (QED) is 0.467. The second-order valence-corrected chi connectivity index (χ2v) is 4.98. The Bertz CT molecular complexity index is 343. The summed E-state index contributed by atoms with van der Waals surface area (Å²) in [6.45, 7) is 4.17. The van der Waals surface area contributed by atoms with Crippen LogP contribution in [-0.2, 0) is 0 Å². The number of pyridine rings is 1. The molecule has 1 aromatic heterocycles. The zero-order valence-corrected chi connectivity index (χ0v) is 11.7. The maximum absolute atomic E-state index is 11.9. The molecule has 0 unspecified atom stereocenters. The standard InChI is InChI=1S/C16H25NO/c1-3-4-5-6-7-8-9-10-16(18)15-12-11-14(2)17-13-15/h11-13H,3-10H2,1-2H3. The minimum absolute atomic E-state index is 0.232. The first kappa shape index (κ1) is 14.9. The van der Waals surface area contributed by atoms with Crippen molar-refractivity contribution in [1.82, 2.24) is 4.98 Å². The van der Waals surface area contributed by atoms with Crippen molar-refractivity contribution in [3.63, 3.8) is 0 Å². The molecule has 0 aliphatic carbocycles. The molecule has 0 aliphatic heterocycles. The summed E-state index contributed by atoms with van der Waals surface area (Å²) in [6, 6.07) is 3.78. The first-order valence-corrected chi connectivity index (χ1v) is 7.20. The van der Waals surface area contributed by atoms with E-state index in [4.69, 9.17) is 0 Å². The number of carbonyl (C=O) groups is 1. The predicted molar refractivity (Wildman–Crippen MR) is 75.9 cm³/mol. The van der Waals surface area contributed by atoms with Gasteiger partial charge in [0.25, 0.3) is 0 Å². The van der Waals surface area contributed by atoms with Gasteiger partial charge in [-0.25, -0.2) is 0 Å². The molecule has 0 spiro atoms. The van der Waals surface area contributed by atoms with Gasteiger partial charge in [-0.05, 0) is 25.5 Å². The van der Waals surface area contributed by atoms with Crippen molar-refractivity contribution >= 4 is 5.78 Å². The Balaban J connectivity index is 2.12. The van der Waals surface area contributed by atoms with Gasteiger partial charge in [-0.15, -0.1) is 0 Å². The lowest BCUT2D eigenvalue weighted by atomic mass is 10.0. The molecule has 0 aromatic carbocycles. The smallest absolute Gasteiger partial charge is 0.164 e. The van der Waals surface area contributed by atoms with Crippen LogP contribution < -0.4 is 0 Å². The van der Waals surface area contributed by atoms with Gasteiger partial charge in [0.2, 0.25) is 0 Å². The van der Waals surface area contributed by atoms with Crippen LogP contribution >= 0.6 is 0 Å². The van der Waals surface area contributed by atoms with Gasteiger partial charge in [-0.1, -0.05) is 45.4 Å². The minimum Gasteiger partial charge on any atom is -0.294 e. The molecule has 0 saturated heterocycles. The van der Waals surface area contributed by atoms with Crippen LogP contribution in [0.15, 0.2) is 18.3 Å². The van der Waals surface area contributed by atoms with E-state index in [2.05, 4.69) is 11.9 Å². The highest BCUT2D eigenvalue weighted by Crippen LogP contribution is 2.11. The largest absolute Gasteiger partial charge is 0.294 e.